The van der Waals surface area contributed by atoms with E-state index in [0.717, 1.165) is 16.7 Å². The topological polar surface area (TPSA) is 67.4 Å². The second-order valence-corrected chi connectivity index (χ2v) is 6.28. The van der Waals surface area contributed by atoms with E-state index in [2.05, 4.69) is 10.6 Å². The summed E-state index contributed by atoms with van der Waals surface area (Å²) < 4.78 is 5.21. The number of nitrogens with one attached hydrogen (secondary N) is 2. The van der Waals surface area contributed by atoms with E-state index < -0.39 is 5.91 Å². The van der Waals surface area contributed by atoms with Crippen molar-refractivity contribution in [2.24, 2.45) is 0 Å². The molecule has 132 valence electrons. The molecule has 5 nitrogen and oxygen atoms in total. The fraction of sp³-hybridized carbons (Fsp3) is 0.263. The highest BCUT2D eigenvalue weighted by molar-refractivity contribution is 6.31. The van der Waals surface area contributed by atoms with Gasteiger partial charge in [-0.25, -0.2) is 0 Å². The molecule has 2 amide bonds. The van der Waals surface area contributed by atoms with Crippen LogP contribution in [0.15, 0.2) is 30.3 Å². The molecular formula is C19H21ClN2O3. The van der Waals surface area contributed by atoms with Crippen molar-refractivity contribution in [3.8, 4) is 5.75 Å². The maximum Gasteiger partial charge on any atom is 0.233 e. The number of hydrogen-bond donors (Lipinski definition) is 2. The second kappa shape index (κ2) is 8.03. The Bertz CT molecular complexity index is 819. The largest absolute Gasteiger partial charge is 0.495 e. The predicted octanol–water partition coefficient (Wildman–Crippen LogP) is 4.24. The SMILES string of the molecule is COc1cc(Cl)c(C)cc1NC(=O)CC(=O)Nc1ccc(C)c(C)c1. The minimum atomic E-state index is -0.429. The summed E-state index contributed by atoms with van der Waals surface area (Å²) in [5, 5.41) is 5.95. The molecule has 2 aromatic carbocycles. The summed E-state index contributed by atoms with van der Waals surface area (Å²) in [5.41, 5.74) is 4.16. The van der Waals surface area contributed by atoms with Crippen LogP contribution < -0.4 is 15.4 Å². The first-order valence-electron chi connectivity index (χ1n) is 7.81. The Kier molecular flexibility index (Phi) is 6.04. The molecule has 0 fully saturated rings. The standard InChI is InChI=1S/C19H21ClN2O3/c1-11-5-6-14(7-12(11)2)21-18(23)10-19(24)22-16-8-13(3)15(20)9-17(16)25-4/h5-9H,10H2,1-4H3,(H,21,23)(H,22,24). The molecule has 0 bridgehead atoms. The lowest BCUT2D eigenvalue weighted by atomic mass is 10.1. The Morgan fingerprint density at radius 1 is 0.960 bits per heavy atom. The summed E-state index contributed by atoms with van der Waals surface area (Å²) in [6, 6.07) is 8.94. The fourth-order valence-electron chi connectivity index (χ4n) is 2.29. The van der Waals surface area contributed by atoms with Gasteiger partial charge in [-0.05, 0) is 55.7 Å². The van der Waals surface area contributed by atoms with Gasteiger partial charge in [0.1, 0.15) is 12.2 Å². The lowest BCUT2D eigenvalue weighted by Gasteiger charge is -2.12. The van der Waals surface area contributed by atoms with Gasteiger partial charge in [-0.1, -0.05) is 17.7 Å². The summed E-state index contributed by atoms with van der Waals surface area (Å²) in [6.45, 7) is 5.78. The van der Waals surface area contributed by atoms with Gasteiger partial charge in [0.05, 0.1) is 12.8 Å². The highest BCUT2D eigenvalue weighted by Gasteiger charge is 2.14. The molecular weight excluding hydrogens is 340 g/mol. The third-order valence-electron chi connectivity index (χ3n) is 3.87. The number of amides is 2. The van der Waals surface area contributed by atoms with Crippen molar-refractivity contribution in [1.82, 2.24) is 0 Å². The van der Waals surface area contributed by atoms with Crippen LogP contribution in [0.4, 0.5) is 11.4 Å². The van der Waals surface area contributed by atoms with E-state index >= 15 is 0 Å². The first kappa shape index (κ1) is 18.8. The second-order valence-electron chi connectivity index (χ2n) is 5.87. The van der Waals surface area contributed by atoms with Gasteiger partial charge < -0.3 is 15.4 Å². The molecule has 0 aliphatic heterocycles. The van der Waals surface area contributed by atoms with Gasteiger partial charge in [-0.3, -0.25) is 9.59 Å². The molecule has 2 aromatic rings. The molecule has 0 saturated heterocycles. The minimum Gasteiger partial charge on any atom is -0.495 e. The van der Waals surface area contributed by atoms with E-state index in [1.54, 1.807) is 12.1 Å². The summed E-state index contributed by atoms with van der Waals surface area (Å²) in [7, 11) is 1.49. The molecule has 0 saturated carbocycles. The Morgan fingerprint density at radius 2 is 1.64 bits per heavy atom. The van der Waals surface area contributed by atoms with E-state index in [-0.39, 0.29) is 12.3 Å². The first-order valence-corrected chi connectivity index (χ1v) is 8.19. The highest BCUT2D eigenvalue weighted by atomic mass is 35.5. The molecule has 25 heavy (non-hydrogen) atoms. The number of carbonyl (C=O) groups excluding carboxylic acids is 2. The van der Waals surface area contributed by atoms with Crippen molar-refractivity contribution < 1.29 is 14.3 Å². The van der Waals surface area contributed by atoms with Crippen LogP contribution in [0, 0.1) is 20.8 Å². The lowest BCUT2D eigenvalue weighted by molar-refractivity contribution is -0.123. The average Bonchev–Trinajstić information content (AvgIpc) is 2.54. The van der Waals surface area contributed by atoms with Crippen molar-refractivity contribution in [1.29, 1.82) is 0 Å². The van der Waals surface area contributed by atoms with E-state index in [0.29, 0.717) is 22.1 Å². The van der Waals surface area contributed by atoms with Crippen LogP contribution >= 0.6 is 11.6 Å². The van der Waals surface area contributed by atoms with Gasteiger partial charge in [0.2, 0.25) is 11.8 Å². The molecule has 0 aromatic heterocycles. The number of anilines is 2. The zero-order valence-corrected chi connectivity index (χ0v) is 15.5. The first-order chi connectivity index (χ1) is 11.8. The monoisotopic (exact) mass is 360 g/mol. The van der Waals surface area contributed by atoms with Crippen molar-refractivity contribution in [3.63, 3.8) is 0 Å². The Morgan fingerprint density at radius 3 is 2.28 bits per heavy atom. The van der Waals surface area contributed by atoms with Crippen molar-refractivity contribution in [2.45, 2.75) is 27.2 Å². The Balaban J connectivity index is 2.01. The molecule has 2 rings (SSSR count). The quantitative estimate of drug-likeness (QED) is 0.783. The van der Waals surface area contributed by atoms with E-state index in [1.165, 1.54) is 7.11 Å². The number of aryl methyl sites for hydroxylation is 3. The highest BCUT2D eigenvalue weighted by Crippen LogP contribution is 2.31. The van der Waals surface area contributed by atoms with Crippen molar-refractivity contribution >= 4 is 34.8 Å². The van der Waals surface area contributed by atoms with Gasteiger partial charge in [-0.15, -0.1) is 0 Å². The van der Waals surface area contributed by atoms with Crippen LogP contribution in [-0.4, -0.2) is 18.9 Å². The van der Waals surface area contributed by atoms with Crippen LogP contribution in [0.5, 0.6) is 5.75 Å². The normalized spacial score (nSPS) is 10.3. The van der Waals surface area contributed by atoms with Gasteiger partial charge in [0, 0.05) is 16.8 Å². The lowest BCUT2D eigenvalue weighted by Crippen LogP contribution is -2.21. The van der Waals surface area contributed by atoms with E-state index in [4.69, 9.17) is 16.3 Å². The maximum atomic E-state index is 12.1. The maximum absolute atomic E-state index is 12.1. The third kappa shape index (κ3) is 4.97. The van der Waals surface area contributed by atoms with Crippen LogP contribution in [0.1, 0.15) is 23.1 Å². The Hall–Kier alpha value is -2.53. The van der Waals surface area contributed by atoms with Crippen LogP contribution in [-0.2, 0) is 9.59 Å². The summed E-state index contributed by atoms with van der Waals surface area (Å²) in [6.07, 6.45) is -0.294. The smallest absolute Gasteiger partial charge is 0.233 e. The summed E-state index contributed by atoms with van der Waals surface area (Å²) in [5.74, 6) is -0.370. The molecule has 0 unspecified atom stereocenters. The van der Waals surface area contributed by atoms with Crippen LogP contribution in [0.25, 0.3) is 0 Å². The zero-order chi connectivity index (χ0) is 18.6. The van der Waals surface area contributed by atoms with Gasteiger partial charge in [0.25, 0.3) is 0 Å². The fourth-order valence-corrected chi connectivity index (χ4v) is 2.45. The number of carbonyl (C=O) groups is 2. The molecule has 0 aliphatic carbocycles. The Labute approximate surface area is 152 Å². The molecule has 2 N–H and O–H groups in total. The molecule has 6 heteroatoms. The molecule has 0 radical (unpaired) electrons. The van der Waals surface area contributed by atoms with Crippen molar-refractivity contribution in [3.05, 3.63) is 52.0 Å². The number of rotatable bonds is 5. The van der Waals surface area contributed by atoms with Crippen LogP contribution in [0.3, 0.4) is 0 Å². The number of methoxy groups -OCH3 is 1. The summed E-state index contributed by atoms with van der Waals surface area (Å²) >= 11 is 6.04. The molecule has 0 spiro atoms. The van der Waals surface area contributed by atoms with E-state index in [1.807, 2.05) is 39.0 Å². The van der Waals surface area contributed by atoms with E-state index in [9.17, 15) is 9.59 Å². The zero-order valence-electron chi connectivity index (χ0n) is 14.7. The van der Waals surface area contributed by atoms with Crippen LogP contribution in [0.2, 0.25) is 5.02 Å². The third-order valence-corrected chi connectivity index (χ3v) is 4.27. The van der Waals surface area contributed by atoms with Gasteiger partial charge >= 0.3 is 0 Å². The minimum absolute atomic E-state index is 0.294. The van der Waals surface area contributed by atoms with Crippen molar-refractivity contribution in [2.75, 3.05) is 17.7 Å². The van der Waals surface area contributed by atoms with Gasteiger partial charge in [-0.2, -0.15) is 0 Å². The number of halogens is 1. The predicted molar refractivity (Wildman–Crippen MR) is 101 cm³/mol. The molecule has 0 atom stereocenters. The average molecular weight is 361 g/mol. The van der Waals surface area contributed by atoms with Gasteiger partial charge in [0.15, 0.2) is 0 Å². The summed E-state index contributed by atoms with van der Waals surface area (Å²) in [4.78, 5) is 24.2. The number of hydrogen-bond acceptors (Lipinski definition) is 3. The molecule has 0 aliphatic rings. The molecule has 0 heterocycles. The number of ether oxygens (including phenoxy) is 1. The number of benzene rings is 2.